The molecule has 0 heterocycles. The van der Waals surface area contributed by atoms with Crippen LogP contribution in [0.2, 0.25) is 0 Å². The van der Waals surface area contributed by atoms with Gasteiger partial charge in [-0.15, -0.1) is 37.2 Å². The normalized spacial score (nSPS) is 8.57. The second-order valence-electron chi connectivity index (χ2n) is 2.47. The summed E-state index contributed by atoms with van der Waals surface area (Å²) in [4.78, 5) is 10.7. The van der Waals surface area contributed by atoms with E-state index in [4.69, 9.17) is 17.2 Å². The van der Waals surface area contributed by atoms with Gasteiger partial charge in [-0.05, 0) is 6.92 Å². The van der Waals surface area contributed by atoms with Crippen LogP contribution in [0, 0.1) is 0 Å². The van der Waals surface area contributed by atoms with Crippen LogP contribution in [0.4, 0.5) is 0 Å². The highest BCUT2D eigenvalue weighted by Gasteiger charge is 2.14. The van der Waals surface area contributed by atoms with E-state index in [1.165, 1.54) is 6.92 Å². The molecule has 0 bridgehead atoms. The van der Waals surface area contributed by atoms with Gasteiger partial charge in [-0.1, -0.05) is 6.58 Å². The summed E-state index contributed by atoms with van der Waals surface area (Å²) in [5, 5.41) is 0. The van der Waals surface area contributed by atoms with Crippen molar-refractivity contribution in [2.75, 3.05) is 6.61 Å². The minimum absolute atomic E-state index is 0. The Bertz CT molecular complexity index is 182. The van der Waals surface area contributed by atoms with Crippen LogP contribution >= 0.6 is 37.2 Å². The molecule has 0 unspecified atom stereocenters. The van der Waals surface area contributed by atoms with Crippen molar-refractivity contribution in [1.82, 2.24) is 0 Å². The molecule has 0 rings (SSSR count). The molecule has 0 fully saturated rings. The van der Waals surface area contributed by atoms with Gasteiger partial charge < -0.3 is 4.74 Å². The number of carbonyl (C=O) groups excluding carboxylic acids is 1. The molecule has 0 aromatic carbocycles. The van der Waals surface area contributed by atoms with E-state index in [1.54, 1.807) is 0 Å². The van der Waals surface area contributed by atoms with E-state index in [0.717, 1.165) is 0 Å². The average molecular weight is 269 g/mol. The molecule has 5 nitrogen and oxygen atoms in total. The average Bonchev–Trinajstić information content (AvgIpc) is 1.80. The van der Waals surface area contributed by atoms with Crippen LogP contribution in [0.15, 0.2) is 12.2 Å². The highest BCUT2D eigenvalue weighted by atomic mass is 35.5. The summed E-state index contributed by atoms with van der Waals surface area (Å²) in [6.45, 7) is 4.66. The SMILES string of the molecule is C=C(C)C(=O)OCC(N)(N)N.Cl.Cl.Cl. The first kappa shape index (κ1) is 23.6. The van der Waals surface area contributed by atoms with E-state index >= 15 is 0 Å². The summed E-state index contributed by atoms with van der Waals surface area (Å²) in [7, 11) is 0. The van der Waals surface area contributed by atoms with Crippen LogP contribution < -0.4 is 17.2 Å². The lowest BCUT2D eigenvalue weighted by atomic mass is 10.3. The molecule has 0 aliphatic carbocycles. The smallest absolute Gasteiger partial charge is 0.333 e. The highest BCUT2D eigenvalue weighted by molar-refractivity contribution is 5.87. The van der Waals surface area contributed by atoms with E-state index < -0.39 is 11.8 Å². The third kappa shape index (κ3) is 14.5. The van der Waals surface area contributed by atoms with Crippen molar-refractivity contribution >= 4 is 43.2 Å². The molecule has 8 heteroatoms. The first-order chi connectivity index (χ1) is 4.83. The van der Waals surface area contributed by atoms with Crippen LogP contribution in [0.5, 0.6) is 0 Å². The molecule has 0 saturated carbocycles. The molecule has 0 spiro atoms. The molecular formula is C6H16Cl3N3O2. The molecule has 14 heavy (non-hydrogen) atoms. The number of hydrogen-bond donors (Lipinski definition) is 3. The van der Waals surface area contributed by atoms with Crippen LogP contribution in [-0.4, -0.2) is 18.4 Å². The first-order valence-electron chi connectivity index (χ1n) is 3.02. The van der Waals surface area contributed by atoms with Gasteiger partial charge in [-0.3, -0.25) is 17.2 Å². The van der Waals surface area contributed by atoms with Gasteiger partial charge in [-0.25, -0.2) is 4.79 Å². The fraction of sp³-hybridized carbons (Fsp3) is 0.500. The van der Waals surface area contributed by atoms with Crippen molar-refractivity contribution < 1.29 is 9.53 Å². The summed E-state index contributed by atoms with van der Waals surface area (Å²) in [6.07, 6.45) is 0. The van der Waals surface area contributed by atoms with Gasteiger partial charge in [-0.2, -0.15) is 0 Å². The van der Waals surface area contributed by atoms with Gasteiger partial charge in [0.1, 0.15) is 6.61 Å². The molecule has 6 N–H and O–H groups in total. The molecule has 0 radical (unpaired) electrons. The van der Waals surface area contributed by atoms with Crippen molar-refractivity contribution in [3.8, 4) is 0 Å². The Morgan fingerprint density at radius 1 is 1.29 bits per heavy atom. The van der Waals surface area contributed by atoms with Crippen LogP contribution in [0.1, 0.15) is 6.92 Å². The van der Waals surface area contributed by atoms with Gasteiger partial charge in [0, 0.05) is 5.57 Å². The molecule has 0 aliphatic heterocycles. The van der Waals surface area contributed by atoms with Crippen LogP contribution in [-0.2, 0) is 9.53 Å². The Labute approximate surface area is 102 Å². The molecule has 88 valence electrons. The van der Waals surface area contributed by atoms with Gasteiger partial charge in [0.2, 0.25) is 0 Å². The van der Waals surface area contributed by atoms with Crippen LogP contribution in [0.3, 0.4) is 0 Å². The van der Waals surface area contributed by atoms with Crippen molar-refractivity contribution in [2.45, 2.75) is 12.7 Å². The summed E-state index contributed by atoms with van der Waals surface area (Å²) in [5.74, 6) is -2.01. The zero-order valence-corrected chi connectivity index (χ0v) is 10.1. The summed E-state index contributed by atoms with van der Waals surface area (Å²) in [6, 6.07) is 0. The molecule has 0 aromatic rings. The predicted molar refractivity (Wildman–Crippen MR) is 62.8 cm³/mol. The number of halogens is 3. The number of rotatable bonds is 3. The van der Waals surface area contributed by atoms with Gasteiger partial charge in [0.15, 0.2) is 5.79 Å². The van der Waals surface area contributed by atoms with Crippen LogP contribution in [0.25, 0.3) is 0 Å². The minimum Gasteiger partial charge on any atom is -0.457 e. The number of esters is 1. The van der Waals surface area contributed by atoms with E-state index in [1.807, 2.05) is 0 Å². The first-order valence-corrected chi connectivity index (χ1v) is 3.02. The zero-order chi connectivity index (χ0) is 9.07. The Morgan fingerprint density at radius 3 is 1.86 bits per heavy atom. The monoisotopic (exact) mass is 267 g/mol. The number of nitrogens with two attached hydrogens (primary N) is 3. The lowest BCUT2D eigenvalue weighted by Crippen LogP contribution is -2.61. The number of hydrogen-bond acceptors (Lipinski definition) is 5. The minimum atomic E-state index is -1.47. The standard InChI is InChI=1S/C6H13N3O2.3ClH/c1-4(2)5(10)11-3-6(7,8)9;;;/h1,3,7-9H2,2H3;3*1H. The van der Waals surface area contributed by atoms with E-state index in [9.17, 15) is 4.79 Å². The van der Waals surface area contributed by atoms with Gasteiger partial charge in [0.25, 0.3) is 0 Å². The fourth-order valence-corrected chi connectivity index (χ4v) is 0.314. The lowest BCUT2D eigenvalue weighted by Gasteiger charge is -2.17. The molecule has 0 amide bonds. The Hall–Kier alpha value is -0.0400. The predicted octanol–water partition coefficient (Wildman–Crippen LogP) is -0.0990. The maximum absolute atomic E-state index is 10.7. The quantitative estimate of drug-likeness (QED) is 0.377. The fourth-order valence-electron chi connectivity index (χ4n) is 0.314. The van der Waals surface area contributed by atoms with E-state index in [-0.39, 0.29) is 49.4 Å². The van der Waals surface area contributed by atoms with Gasteiger partial charge in [0.05, 0.1) is 0 Å². The third-order valence-electron chi connectivity index (χ3n) is 0.802. The number of carbonyl (C=O) groups is 1. The molecule has 0 atom stereocenters. The second-order valence-corrected chi connectivity index (χ2v) is 2.47. The maximum Gasteiger partial charge on any atom is 0.333 e. The number of ether oxygens (including phenoxy) is 1. The largest absolute Gasteiger partial charge is 0.457 e. The lowest BCUT2D eigenvalue weighted by molar-refractivity contribution is -0.140. The Kier molecular flexibility index (Phi) is 16.1. The molecule has 0 aromatic heterocycles. The van der Waals surface area contributed by atoms with Crippen molar-refractivity contribution in [1.29, 1.82) is 0 Å². The van der Waals surface area contributed by atoms with E-state index in [2.05, 4.69) is 11.3 Å². The van der Waals surface area contributed by atoms with Crippen molar-refractivity contribution in [2.24, 2.45) is 17.2 Å². The Morgan fingerprint density at radius 2 is 1.64 bits per heavy atom. The van der Waals surface area contributed by atoms with Crippen molar-refractivity contribution in [3.05, 3.63) is 12.2 Å². The Balaban J connectivity index is -0.000000167. The topological polar surface area (TPSA) is 104 Å². The maximum atomic E-state index is 10.7. The zero-order valence-electron chi connectivity index (χ0n) is 7.69. The molecule has 0 aliphatic rings. The van der Waals surface area contributed by atoms with Gasteiger partial charge >= 0.3 is 5.97 Å². The van der Waals surface area contributed by atoms with E-state index in [0.29, 0.717) is 0 Å². The molecular weight excluding hydrogens is 252 g/mol. The molecule has 0 saturated heterocycles. The second kappa shape index (κ2) is 9.51. The summed E-state index contributed by atoms with van der Waals surface area (Å²) in [5.41, 5.74) is 15.7. The third-order valence-corrected chi connectivity index (χ3v) is 0.802. The summed E-state index contributed by atoms with van der Waals surface area (Å²) >= 11 is 0. The summed E-state index contributed by atoms with van der Waals surface area (Å²) < 4.78 is 4.55. The highest BCUT2D eigenvalue weighted by Crippen LogP contribution is 1.92. The van der Waals surface area contributed by atoms with Crippen molar-refractivity contribution in [3.63, 3.8) is 0 Å².